The Labute approximate surface area is 174 Å². The van der Waals surface area contributed by atoms with Crippen LogP contribution in [0.2, 0.25) is 5.02 Å². The van der Waals surface area contributed by atoms with Crippen molar-refractivity contribution in [1.82, 2.24) is 5.32 Å². The van der Waals surface area contributed by atoms with E-state index in [4.69, 9.17) is 23.8 Å². The molecular formula is C21H20ClN3S2. The van der Waals surface area contributed by atoms with Crippen molar-refractivity contribution in [3.8, 4) is 0 Å². The molecule has 0 aliphatic carbocycles. The van der Waals surface area contributed by atoms with Crippen molar-refractivity contribution in [2.45, 2.75) is 4.90 Å². The molecule has 3 N–H and O–H groups in total. The lowest BCUT2D eigenvalue weighted by Gasteiger charge is -2.11. The number of halogens is 1. The van der Waals surface area contributed by atoms with Crippen LogP contribution in [0.5, 0.6) is 0 Å². The smallest absolute Gasteiger partial charge is 0.170 e. The number of anilines is 3. The molecule has 0 radical (unpaired) electrons. The second kappa shape index (κ2) is 10.2. The largest absolute Gasteiger partial charge is 0.362 e. The fourth-order valence-electron chi connectivity index (χ4n) is 2.36. The zero-order valence-electron chi connectivity index (χ0n) is 14.6. The Kier molecular flexibility index (Phi) is 7.39. The number of rotatable bonds is 7. The second-order valence-electron chi connectivity index (χ2n) is 5.75. The number of thiocarbonyl (C=S) groups is 1. The van der Waals surface area contributed by atoms with Crippen LogP contribution in [-0.2, 0) is 0 Å². The van der Waals surface area contributed by atoms with Crippen molar-refractivity contribution in [2.24, 2.45) is 0 Å². The standard InChI is InChI=1S/C21H20ClN3S2/c22-16-6-12-20(13-7-16)27-15-14-23-21(26)25-19-10-8-18(9-11-19)24-17-4-2-1-3-5-17/h1-13,24H,14-15H2,(H2,23,25,26). The Bertz CT molecular complexity index is 853. The molecule has 3 aromatic rings. The van der Waals surface area contributed by atoms with E-state index in [1.54, 1.807) is 11.8 Å². The van der Waals surface area contributed by atoms with E-state index in [1.807, 2.05) is 78.9 Å². The summed E-state index contributed by atoms with van der Waals surface area (Å²) in [5.41, 5.74) is 3.05. The van der Waals surface area contributed by atoms with E-state index in [0.717, 1.165) is 34.4 Å². The molecular weight excluding hydrogens is 394 g/mol. The summed E-state index contributed by atoms with van der Waals surface area (Å²) < 4.78 is 0. The van der Waals surface area contributed by atoms with Gasteiger partial charge in [-0.2, -0.15) is 0 Å². The summed E-state index contributed by atoms with van der Waals surface area (Å²) in [6.45, 7) is 0.784. The van der Waals surface area contributed by atoms with E-state index in [1.165, 1.54) is 4.90 Å². The molecule has 0 saturated heterocycles. The predicted molar refractivity (Wildman–Crippen MR) is 123 cm³/mol. The summed E-state index contributed by atoms with van der Waals surface area (Å²) in [5, 5.41) is 11.2. The third kappa shape index (κ3) is 6.79. The second-order valence-corrected chi connectivity index (χ2v) is 7.76. The zero-order valence-corrected chi connectivity index (χ0v) is 17.0. The van der Waals surface area contributed by atoms with E-state index in [2.05, 4.69) is 16.0 Å². The molecule has 27 heavy (non-hydrogen) atoms. The number of hydrogen-bond acceptors (Lipinski definition) is 3. The minimum absolute atomic E-state index is 0.621. The van der Waals surface area contributed by atoms with Crippen molar-refractivity contribution in [3.05, 3.63) is 83.9 Å². The number of para-hydroxylation sites is 1. The SMILES string of the molecule is S=C(NCCSc1ccc(Cl)cc1)Nc1ccc(Nc2ccccc2)cc1. The van der Waals surface area contributed by atoms with Crippen LogP contribution >= 0.6 is 35.6 Å². The third-order valence-electron chi connectivity index (χ3n) is 3.68. The molecule has 0 aliphatic rings. The van der Waals surface area contributed by atoms with E-state index < -0.39 is 0 Å². The van der Waals surface area contributed by atoms with Gasteiger partial charge in [0.2, 0.25) is 0 Å². The summed E-state index contributed by atoms with van der Waals surface area (Å²) in [4.78, 5) is 1.20. The van der Waals surface area contributed by atoms with E-state index in [9.17, 15) is 0 Å². The first-order valence-electron chi connectivity index (χ1n) is 8.54. The molecule has 3 nitrogen and oxygen atoms in total. The molecule has 0 saturated carbocycles. The topological polar surface area (TPSA) is 36.1 Å². The maximum Gasteiger partial charge on any atom is 0.170 e. The molecule has 0 fully saturated rings. The quantitative estimate of drug-likeness (QED) is 0.245. The predicted octanol–water partition coefficient (Wildman–Crippen LogP) is 6.16. The number of benzene rings is 3. The first-order valence-corrected chi connectivity index (χ1v) is 10.3. The molecule has 0 unspecified atom stereocenters. The van der Waals surface area contributed by atoms with Gasteiger partial charge in [-0.15, -0.1) is 11.8 Å². The van der Waals surface area contributed by atoms with Gasteiger partial charge >= 0.3 is 0 Å². The molecule has 0 amide bonds. The van der Waals surface area contributed by atoms with Crippen molar-refractivity contribution < 1.29 is 0 Å². The summed E-state index contributed by atoms with van der Waals surface area (Å²) in [6.07, 6.45) is 0. The van der Waals surface area contributed by atoms with Gasteiger partial charge in [-0.25, -0.2) is 0 Å². The molecule has 138 valence electrons. The fourth-order valence-corrected chi connectivity index (χ4v) is 3.48. The van der Waals surface area contributed by atoms with Gasteiger partial charge in [-0.3, -0.25) is 0 Å². The Morgan fingerprint density at radius 2 is 1.44 bits per heavy atom. The average molecular weight is 414 g/mol. The highest BCUT2D eigenvalue weighted by atomic mass is 35.5. The van der Waals surface area contributed by atoms with Crippen LogP contribution < -0.4 is 16.0 Å². The van der Waals surface area contributed by atoms with Crippen molar-refractivity contribution in [2.75, 3.05) is 22.9 Å². The molecule has 3 aromatic carbocycles. The van der Waals surface area contributed by atoms with Gasteiger partial charge in [0, 0.05) is 39.3 Å². The van der Waals surface area contributed by atoms with Crippen molar-refractivity contribution in [1.29, 1.82) is 0 Å². The molecule has 0 bridgehead atoms. The van der Waals surface area contributed by atoms with Gasteiger partial charge in [0.1, 0.15) is 0 Å². The maximum atomic E-state index is 5.89. The normalized spacial score (nSPS) is 10.3. The Morgan fingerprint density at radius 3 is 2.15 bits per heavy atom. The van der Waals surface area contributed by atoms with Crippen LogP contribution in [0.1, 0.15) is 0 Å². The Hall–Kier alpha value is -2.21. The molecule has 6 heteroatoms. The number of thioether (sulfide) groups is 1. The molecule has 0 atom stereocenters. The molecule has 0 aromatic heterocycles. The minimum Gasteiger partial charge on any atom is -0.362 e. The van der Waals surface area contributed by atoms with Crippen molar-refractivity contribution >= 4 is 57.8 Å². The lowest BCUT2D eigenvalue weighted by atomic mass is 10.2. The summed E-state index contributed by atoms with van der Waals surface area (Å²) in [6, 6.07) is 26.0. The van der Waals surface area contributed by atoms with Gasteiger partial charge < -0.3 is 16.0 Å². The maximum absolute atomic E-state index is 5.89. The molecule has 0 spiro atoms. The van der Waals surface area contributed by atoms with Gasteiger partial charge in [-0.05, 0) is 72.9 Å². The Morgan fingerprint density at radius 1 is 0.815 bits per heavy atom. The van der Waals surface area contributed by atoms with Gasteiger partial charge in [0.25, 0.3) is 0 Å². The number of hydrogen-bond donors (Lipinski definition) is 3. The molecule has 0 aliphatic heterocycles. The number of nitrogens with one attached hydrogen (secondary N) is 3. The van der Waals surface area contributed by atoms with Crippen LogP contribution in [0.3, 0.4) is 0 Å². The zero-order chi connectivity index (χ0) is 18.9. The van der Waals surface area contributed by atoms with Gasteiger partial charge in [-0.1, -0.05) is 29.8 Å². The molecule has 0 heterocycles. The van der Waals surface area contributed by atoms with Crippen LogP contribution in [0.15, 0.2) is 83.8 Å². The highest BCUT2D eigenvalue weighted by Gasteiger charge is 2.00. The first-order chi connectivity index (χ1) is 13.2. The summed E-state index contributed by atoms with van der Waals surface area (Å²) in [5.74, 6) is 0.920. The lowest BCUT2D eigenvalue weighted by molar-refractivity contribution is 0.990. The lowest BCUT2D eigenvalue weighted by Crippen LogP contribution is -2.30. The monoisotopic (exact) mass is 413 g/mol. The van der Waals surface area contributed by atoms with Crippen LogP contribution in [-0.4, -0.2) is 17.4 Å². The highest BCUT2D eigenvalue weighted by molar-refractivity contribution is 7.99. The minimum atomic E-state index is 0.621. The first kappa shape index (κ1) is 19.5. The van der Waals surface area contributed by atoms with E-state index in [0.29, 0.717) is 5.11 Å². The van der Waals surface area contributed by atoms with Crippen LogP contribution in [0.25, 0.3) is 0 Å². The van der Waals surface area contributed by atoms with Crippen molar-refractivity contribution in [3.63, 3.8) is 0 Å². The highest BCUT2D eigenvalue weighted by Crippen LogP contribution is 2.20. The van der Waals surface area contributed by atoms with Crippen LogP contribution in [0.4, 0.5) is 17.1 Å². The van der Waals surface area contributed by atoms with Gasteiger partial charge in [0.05, 0.1) is 0 Å². The van der Waals surface area contributed by atoms with E-state index >= 15 is 0 Å². The van der Waals surface area contributed by atoms with E-state index in [-0.39, 0.29) is 0 Å². The summed E-state index contributed by atoms with van der Waals surface area (Å²) in [7, 11) is 0. The van der Waals surface area contributed by atoms with Crippen LogP contribution in [0, 0.1) is 0 Å². The van der Waals surface area contributed by atoms with Gasteiger partial charge in [0.15, 0.2) is 5.11 Å². The third-order valence-corrected chi connectivity index (χ3v) is 5.19. The fraction of sp³-hybridized carbons (Fsp3) is 0.0952. The average Bonchev–Trinajstić information content (AvgIpc) is 2.69. The summed E-state index contributed by atoms with van der Waals surface area (Å²) >= 11 is 13.0. The molecule has 3 rings (SSSR count). The Balaban J connectivity index is 1.39.